The SMILES string of the molecule is CCN(C)C(=O)C1Cc2nc(-c3cccc(OC)c3)sc2N1CC1CC1. The summed E-state index contributed by atoms with van der Waals surface area (Å²) in [5.74, 6) is 1.78. The van der Waals surface area contributed by atoms with Crippen molar-refractivity contribution in [1.82, 2.24) is 9.88 Å². The van der Waals surface area contributed by atoms with Crippen molar-refractivity contribution >= 4 is 22.2 Å². The first-order valence-electron chi connectivity index (χ1n) is 9.26. The second kappa shape index (κ2) is 6.91. The molecular formula is C20H25N3O2S. The number of likely N-dealkylation sites (N-methyl/N-ethyl adjacent to an activating group) is 1. The van der Waals surface area contributed by atoms with Crippen LogP contribution in [0.1, 0.15) is 25.5 Å². The lowest BCUT2D eigenvalue weighted by Crippen LogP contribution is -2.46. The van der Waals surface area contributed by atoms with Crippen LogP contribution in [0, 0.1) is 5.92 Å². The normalized spacial score (nSPS) is 18.7. The Morgan fingerprint density at radius 3 is 2.92 bits per heavy atom. The molecule has 1 fully saturated rings. The maximum atomic E-state index is 12.8. The monoisotopic (exact) mass is 371 g/mol. The van der Waals surface area contributed by atoms with Crippen molar-refractivity contribution < 1.29 is 9.53 Å². The molecule has 1 aliphatic heterocycles. The predicted molar refractivity (Wildman–Crippen MR) is 105 cm³/mol. The van der Waals surface area contributed by atoms with Gasteiger partial charge in [-0.15, -0.1) is 0 Å². The van der Waals surface area contributed by atoms with Crippen molar-refractivity contribution in [3.8, 4) is 16.3 Å². The second-order valence-corrected chi connectivity index (χ2v) is 8.15. The molecule has 1 atom stereocenters. The van der Waals surface area contributed by atoms with E-state index in [0.717, 1.165) is 41.0 Å². The fourth-order valence-corrected chi connectivity index (χ4v) is 4.58. The second-order valence-electron chi connectivity index (χ2n) is 7.17. The van der Waals surface area contributed by atoms with E-state index in [4.69, 9.17) is 9.72 Å². The number of fused-ring (bicyclic) bond motifs is 1. The molecule has 0 N–H and O–H groups in total. The van der Waals surface area contributed by atoms with Gasteiger partial charge in [-0.2, -0.15) is 0 Å². The summed E-state index contributed by atoms with van der Waals surface area (Å²) >= 11 is 1.70. The van der Waals surface area contributed by atoms with Gasteiger partial charge < -0.3 is 14.5 Å². The topological polar surface area (TPSA) is 45.7 Å². The fourth-order valence-electron chi connectivity index (χ4n) is 3.44. The van der Waals surface area contributed by atoms with Gasteiger partial charge in [-0.1, -0.05) is 23.5 Å². The van der Waals surface area contributed by atoms with Crippen LogP contribution in [0.5, 0.6) is 5.75 Å². The molecule has 0 spiro atoms. The molecule has 0 radical (unpaired) electrons. The molecule has 2 aliphatic rings. The van der Waals surface area contributed by atoms with E-state index in [1.807, 2.05) is 37.1 Å². The zero-order chi connectivity index (χ0) is 18.3. The van der Waals surface area contributed by atoms with E-state index in [-0.39, 0.29) is 11.9 Å². The summed E-state index contributed by atoms with van der Waals surface area (Å²) in [6.45, 7) is 3.73. The number of hydrogen-bond acceptors (Lipinski definition) is 5. The summed E-state index contributed by atoms with van der Waals surface area (Å²) in [5, 5.41) is 2.18. The van der Waals surface area contributed by atoms with Crippen LogP contribution in [0.4, 0.5) is 5.00 Å². The third kappa shape index (κ3) is 3.18. The molecule has 5 nitrogen and oxygen atoms in total. The Balaban J connectivity index is 1.64. The van der Waals surface area contributed by atoms with Gasteiger partial charge in [-0.05, 0) is 37.8 Å². The molecule has 26 heavy (non-hydrogen) atoms. The average Bonchev–Trinajstić information content (AvgIpc) is 3.30. The van der Waals surface area contributed by atoms with Crippen LogP contribution < -0.4 is 9.64 Å². The minimum atomic E-state index is -0.0892. The number of benzene rings is 1. The number of ether oxygens (including phenoxy) is 1. The van der Waals surface area contributed by atoms with Gasteiger partial charge in [0.05, 0.1) is 12.8 Å². The molecule has 2 heterocycles. The highest BCUT2D eigenvalue weighted by Crippen LogP contribution is 2.44. The Bertz CT molecular complexity index is 815. The Morgan fingerprint density at radius 1 is 1.42 bits per heavy atom. The number of thiazole rings is 1. The fraction of sp³-hybridized carbons (Fsp3) is 0.500. The lowest BCUT2D eigenvalue weighted by Gasteiger charge is -2.29. The van der Waals surface area contributed by atoms with Gasteiger partial charge in [0, 0.05) is 32.1 Å². The number of nitrogens with zero attached hydrogens (tertiary/aromatic N) is 3. The van der Waals surface area contributed by atoms with Crippen LogP contribution in [0.2, 0.25) is 0 Å². The van der Waals surface area contributed by atoms with Crippen LogP contribution in [0.3, 0.4) is 0 Å². The van der Waals surface area contributed by atoms with E-state index < -0.39 is 0 Å². The van der Waals surface area contributed by atoms with Crippen molar-refractivity contribution in [2.75, 3.05) is 32.1 Å². The van der Waals surface area contributed by atoms with Crippen LogP contribution in [-0.4, -0.2) is 49.1 Å². The molecule has 138 valence electrons. The number of amides is 1. The lowest BCUT2D eigenvalue weighted by atomic mass is 10.1. The molecular weight excluding hydrogens is 346 g/mol. The Hall–Kier alpha value is -2.08. The molecule has 4 rings (SSSR count). The van der Waals surface area contributed by atoms with Crippen LogP contribution in [-0.2, 0) is 11.2 Å². The number of rotatable bonds is 6. The lowest BCUT2D eigenvalue weighted by molar-refractivity contribution is -0.131. The summed E-state index contributed by atoms with van der Waals surface area (Å²) in [6, 6.07) is 7.93. The van der Waals surface area contributed by atoms with E-state index in [9.17, 15) is 4.79 Å². The Labute approximate surface area is 158 Å². The Kier molecular flexibility index (Phi) is 4.61. The highest BCUT2D eigenvalue weighted by molar-refractivity contribution is 7.19. The first-order valence-corrected chi connectivity index (χ1v) is 10.1. The largest absolute Gasteiger partial charge is 0.497 e. The van der Waals surface area contributed by atoms with E-state index in [1.165, 1.54) is 17.8 Å². The van der Waals surface area contributed by atoms with Gasteiger partial charge in [0.1, 0.15) is 21.8 Å². The zero-order valence-corrected chi connectivity index (χ0v) is 16.4. The van der Waals surface area contributed by atoms with E-state index in [0.29, 0.717) is 6.42 Å². The summed E-state index contributed by atoms with van der Waals surface area (Å²) in [5.41, 5.74) is 2.14. The van der Waals surface area contributed by atoms with Gasteiger partial charge in [0.25, 0.3) is 0 Å². The number of hydrogen-bond donors (Lipinski definition) is 0. The molecule has 0 saturated heterocycles. The van der Waals surface area contributed by atoms with Crippen molar-refractivity contribution in [2.24, 2.45) is 5.92 Å². The van der Waals surface area contributed by atoms with Gasteiger partial charge in [-0.25, -0.2) is 4.98 Å². The molecule has 1 aromatic heterocycles. The van der Waals surface area contributed by atoms with E-state index in [1.54, 1.807) is 18.4 Å². The predicted octanol–water partition coefficient (Wildman–Crippen LogP) is 3.44. The van der Waals surface area contributed by atoms with Crippen LogP contribution >= 0.6 is 11.3 Å². The zero-order valence-electron chi connectivity index (χ0n) is 15.6. The molecule has 6 heteroatoms. The molecule has 1 saturated carbocycles. The molecule has 1 unspecified atom stereocenters. The molecule has 2 aromatic rings. The Morgan fingerprint density at radius 2 is 2.23 bits per heavy atom. The highest BCUT2D eigenvalue weighted by Gasteiger charge is 2.41. The maximum Gasteiger partial charge on any atom is 0.245 e. The van der Waals surface area contributed by atoms with E-state index >= 15 is 0 Å². The average molecular weight is 372 g/mol. The van der Waals surface area contributed by atoms with E-state index in [2.05, 4.69) is 11.0 Å². The van der Waals surface area contributed by atoms with Crippen LogP contribution in [0.15, 0.2) is 24.3 Å². The molecule has 1 aromatic carbocycles. The highest BCUT2D eigenvalue weighted by atomic mass is 32.1. The minimum Gasteiger partial charge on any atom is -0.497 e. The smallest absolute Gasteiger partial charge is 0.245 e. The first kappa shape index (κ1) is 17.3. The summed E-state index contributed by atoms with van der Waals surface area (Å²) < 4.78 is 5.34. The van der Waals surface area contributed by atoms with Gasteiger partial charge >= 0.3 is 0 Å². The molecule has 1 aliphatic carbocycles. The summed E-state index contributed by atoms with van der Waals surface area (Å²) in [6.07, 6.45) is 3.27. The number of carbonyl (C=O) groups is 1. The molecule has 1 amide bonds. The third-order valence-corrected chi connectivity index (χ3v) is 6.49. The quantitative estimate of drug-likeness (QED) is 0.780. The minimum absolute atomic E-state index is 0.0892. The van der Waals surface area contributed by atoms with Crippen molar-refractivity contribution in [1.29, 1.82) is 0 Å². The number of carbonyl (C=O) groups excluding carboxylic acids is 1. The van der Waals surface area contributed by atoms with Gasteiger partial charge in [0.2, 0.25) is 5.91 Å². The number of methoxy groups -OCH3 is 1. The summed E-state index contributed by atoms with van der Waals surface area (Å²) in [7, 11) is 3.57. The van der Waals surface area contributed by atoms with Gasteiger partial charge in [-0.3, -0.25) is 4.79 Å². The van der Waals surface area contributed by atoms with Crippen molar-refractivity contribution in [3.63, 3.8) is 0 Å². The van der Waals surface area contributed by atoms with Crippen molar-refractivity contribution in [3.05, 3.63) is 30.0 Å². The standard InChI is InChI=1S/C20H25N3O2S/c1-4-22(2)19(24)17-11-16-20(23(17)12-13-8-9-13)26-18(21-16)14-6-5-7-15(10-14)25-3/h5-7,10,13,17H,4,8-9,11-12H2,1-3H3. The number of aromatic nitrogens is 1. The number of anilines is 1. The van der Waals surface area contributed by atoms with Crippen LogP contribution in [0.25, 0.3) is 10.6 Å². The maximum absolute atomic E-state index is 12.8. The molecule has 0 bridgehead atoms. The third-order valence-electron chi connectivity index (χ3n) is 5.30. The van der Waals surface area contributed by atoms with Crippen molar-refractivity contribution in [2.45, 2.75) is 32.2 Å². The summed E-state index contributed by atoms with van der Waals surface area (Å²) in [4.78, 5) is 21.9. The van der Waals surface area contributed by atoms with Gasteiger partial charge in [0.15, 0.2) is 0 Å². The first-order chi connectivity index (χ1) is 12.6.